The number of allylic oxidation sites excluding steroid dienone is 2. The Labute approximate surface area is 184 Å². The van der Waals surface area contributed by atoms with Gasteiger partial charge in [0.05, 0.1) is 24.3 Å². The number of phenolic OH excluding ortho intramolecular Hbond substituents is 1. The summed E-state index contributed by atoms with van der Waals surface area (Å²) in [5, 5.41) is 12.6. The molecule has 2 aromatic carbocycles. The Hall–Kier alpha value is -3.12. The molecule has 1 heterocycles. The fourth-order valence-corrected chi connectivity index (χ4v) is 5.51. The van der Waals surface area contributed by atoms with Gasteiger partial charge in [0.2, 0.25) is 17.7 Å². The van der Waals surface area contributed by atoms with E-state index in [1.165, 1.54) is 17.0 Å². The molecule has 5 atom stereocenters. The molecule has 7 heteroatoms. The lowest BCUT2D eigenvalue weighted by molar-refractivity contribution is -0.144. The third kappa shape index (κ3) is 3.31. The first-order valence-electron chi connectivity index (χ1n) is 10.3. The van der Waals surface area contributed by atoms with Gasteiger partial charge < -0.3 is 10.4 Å². The first-order chi connectivity index (χ1) is 14.9. The minimum absolute atomic E-state index is 0.0918. The molecule has 0 radical (unpaired) electrons. The maximum absolute atomic E-state index is 13.4. The van der Waals surface area contributed by atoms with E-state index >= 15 is 0 Å². The Morgan fingerprint density at radius 1 is 1.03 bits per heavy atom. The van der Waals surface area contributed by atoms with Crippen molar-refractivity contribution in [3.05, 3.63) is 71.3 Å². The summed E-state index contributed by atoms with van der Waals surface area (Å²) in [6, 6.07) is 12.3. The van der Waals surface area contributed by atoms with Gasteiger partial charge in [-0.25, -0.2) is 0 Å². The number of aromatic hydroxyl groups is 1. The number of benzene rings is 2. The molecule has 0 aromatic heterocycles. The monoisotopic (exact) mass is 436 g/mol. The Morgan fingerprint density at radius 3 is 2.26 bits per heavy atom. The van der Waals surface area contributed by atoms with E-state index in [4.69, 9.17) is 11.6 Å². The predicted molar refractivity (Wildman–Crippen MR) is 115 cm³/mol. The zero-order chi connectivity index (χ0) is 21.7. The maximum atomic E-state index is 13.4. The minimum atomic E-state index is -0.782. The van der Waals surface area contributed by atoms with Gasteiger partial charge in [0.25, 0.3) is 0 Å². The fourth-order valence-electron chi connectivity index (χ4n) is 5.25. The molecule has 5 unspecified atom stereocenters. The highest BCUT2D eigenvalue weighted by Crippen LogP contribution is 2.54. The van der Waals surface area contributed by atoms with Gasteiger partial charge in [0.15, 0.2) is 0 Å². The van der Waals surface area contributed by atoms with Crippen molar-refractivity contribution >= 4 is 35.0 Å². The molecule has 2 aliphatic carbocycles. The predicted octanol–water partition coefficient (Wildman–Crippen LogP) is 3.92. The van der Waals surface area contributed by atoms with Crippen LogP contribution in [-0.4, -0.2) is 27.7 Å². The number of likely N-dealkylation sites (tertiary alicyclic amines) is 1. The molecule has 0 spiro atoms. The van der Waals surface area contributed by atoms with Gasteiger partial charge in [-0.1, -0.05) is 42.0 Å². The van der Waals surface area contributed by atoms with E-state index < -0.39 is 6.04 Å². The van der Waals surface area contributed by atoms with Crippen LogP contribution in [0.1, 0.15) is 24.4 Å². The molecule has 31 heavy (non-hydrogen) atoms. The number of amides is 3. The molecule has 3 amide bonds. The SMILES string of the molecule is O=C(CC(c1ccccc1Cl)N1C(=O)C2C3C=CC(C3)C2C1=O)Nc1ccc(O)cc1. The number of halogens is 1. The normalized spacial score (nSPS) is 26.9. The van der Waals surface area contributed by atoms with Crippen LogP contribution in [0.3, 0.4) is 0 Å². The standard InChI is InChI=1S/C24H21ClN2O4/c25-18-4-2-1-3-17(18)19(12-20(29)26-15-7-9-16(28)10-8-15)27-23(30)21-13-5-6-14(11-13)22(21)24(27)31/h1-10,13-14,19,21-22,28H,11-12H2,(H,26,29). The number of carbonyl (C=O) groups excluding carboxylic acids is 3. The highest BCUT2D eigenvalue weighted by atomic mass is 35.5. The quantitative estimate of drug-likeness (QED) is 0.422. The molecule has 1 saturated heterocycles. The number of nitrogens with zero attached hydrogens (tertiary/aromatic N) is 1. The van der Waals surface area contributed by atoms with Gasteiger partial charge in [-0.3, -0.25) is 19.3 Å². The van der Waals surface area contributed by atoms with Gasteiger partial charge in [-0.2, -0.15) is 0 Å². The highest BCUT2D eigenvalue weighted by Gasteiger charge is 2.60. The van der Waals surface area contributed by atoms with Crippen molar-refractivity contribution in [2.75, 3.05) is 5.32 Å². The van der Waals surface area contributed by atoms with Crippen LogP contribution in [0, 0.1) is 23.7 Å². The first kappa shape index (κ1) is 19.8. The maximum Gasteiger partial charge on any atom is 0.234 e. The second-order valence-corrected chi connectivity index (χ2v) is 8.79. The lowest BCUT2D eigenvalue weighted by Crippen LogP contribution is -2.38. The van der Waals surface area contributed by atoms with E-state index in [1.54, 1.807) is 36.4 Å². The summed E-state index contributed by atoms with van der Waals surface area (Å²) in [7, 11) is 0. The highest BCUT2D eigenvalue weighted by molar-refractivity contribution is 6.31. The number of imide groups is 1. The molecule has 2 aromatic rings. The Bertz CT molecular complexity index is 1070. The van der Waals surface area contributed by atoms with Crippen molar-refractivity contribution in [3.8, 4) is 5.75 Å². The average Bonchev–Trinajstić information content (AvgIpc) is 3.43. The minimum Gasteiger partial charge on any atom is -0.508 e. The van der Waals surface area contributed by atoms with E-state index in [9.17, 15) is 19.5 Å². The van der Waals surface area contributed by atoms with E-state index in [1.807, 2.05) is 12.2 Å². The molecule has 1 saturated carbocycles. The number of rotatable bonds is 5. The Morgan fingerprint density at radius 2 is 1.65 bits per heavy atom. The molecule has 2 fully saturated rings. The topological polar surface area (TPSA) is 86.7 Å². The average molecular weight is 437 g/mol. The summed E-state index contributed by atoms with van der Waals surface area (Å²) >= 11 is 6.42. The number of nitrogens with one attached hydrogen (secondary N) is 1. The van der Waals surface area contributed by atoms with Crippen LogP contribution in [0.2, 0.25) is 5.02 Å². The van der Waals surface area contributed by atoms with Crippen LogP contribution in [0.25, 0.3) is 0 Å². The van der Waals surface area contributed by atoms with Crippen molar-refractivity contribution in [2.45, 2.75) is 18.9 Å². The van der Waals surface area contributed by atoms with Crippen molar-refractivity contribution in [3.63, 3.8) is 0 Å². The summed E-state index contributed by atoms with van der Waals surface area (Å²) in [4.78, 5) is 40.9. The van der Waals surface area contributed by atoms with Crippen LogP contribution in [-0.2, 0) is 14.4 Å². The van der Waals surface area contributed by atoms with Crippen molar-refractivity contribution < 1.29 is 19.5 Å². The second kappa shape index (κ2) is 7.54. The van der Waals surface area contributed by atoms with Crippen molar-refractivity contribution in [1.82, 2.24) is 4.90 Å². The number of phenols is 1. The Kier molecular flexibility index (Phi) is 4.82. The van der Waals surface area contributed by atoms with Crippen LogP contribution in [0.4, 0.5) is 5.69 Å². The summed E-state index contributed by atoms with van der Waals surface area (Å²) in [6.45, 7) is 0. The summed E-state index contributed by atoms with van der Waals surface area (Å²) in [5.74, 6) is -1.18. The zero-order valence-electron chi connectivity index (χ0n) is 16.6. The lowest BCUT2D eigenvalue weighted by Gasteiger charge is -2.28. The third-order valence-electron chi connectivity index (χ3n) is 6.61. The molecule has 158 valence electrons. The van der Waals surface area contributed by atoms with Crippen molar-refractivity contribution in [1.29, 1.82) is 0 Å². The summed E-state index contributed by atoms with van der Waals surface area (Å²) in [5.41, 5.74) is 1.09. The van der Waals surface area contributed by atoms with Crippen molar-refractivity contribution in [2.24, 2.45) is 23.7 Å². The first-order valence-corrected chi connectivity index (χ1v) is 10.7. The summed E-state index contributed by atoms with van der Waals surface area (Å²) in [6.07, 6.45) is 4.83. The largest absolute Gasteiger partial charge is 0.508 e. The van der Waals surface area contributed by atoms with Gasteiger partial charge >= 0.3 is 0 Å². The molecule has 6 nitrogen and oxygen atoms in total. The van der Waals surface area contributed by atoms with Crippen LogP contribution in [0.5, 0.6) is 5.75 Å². The van der Waals surface area contributed by atoms with E-state index in [0.717, 1.165) is 6.42 Å². The van der Waals surface area contributed by atoms with E-state index in [0.29, 0.717) is 16.3 Å². The number of hydrogen-bond acceptors (Lipinski definition) is 4. The molecule has 3 aliphatic rings. The van der Waals surface area contributed by atoms with Crippen LogP contribution < -0.4 is 5.32 Å². The van der Waals surface area contributed by atoms with E-state index in [-0.39, 0.29) is 53.6 Å². The van der Waals surface area contributed by atoms with Gasteiger partial charge in [0.1, 0.15) is 5.75 Å². The fraction of sp³-hybridized carbons (Fsp3) is 0.292. The molecule has 5 rings (SSSR count). The summed E-state index contributed by atoms with van der Waals surface area (Å²) < 4.78 is 0. The van der Waals surface area contributed by atoms with Gasteiger partial charge in [0, 0.05) is 10.7 Å². The Balaban J connectivity index is 1.45. The lowest BCUT2D eigenvalue weighted by atomic mass is 9.85. The third-order valence-corrected chi connectivity index (χ3v) is 6.95. The number of hydrogen-bond donors (Lipinski definition) is 2. The second-order valence-electron chi connectivity index (χ2n) is 8.38. The van der Waals surface area contributed by atoms with Crippen LogP contribution in [0.15, 0.2) is 60.7 Å². The molecule has 1 aliphatic heterocycles. The molecule has 2 bridgehead atoms. The molecular formula is C24H21ClN2O4. The van der Waals surface area contributed by atoms with Crippen LogP contribution >= 0.6 is 11.6 Å². The van der Waals surface area contributed by atoms with Gasteiger partial charge in [-0.05, 0) is 54.2 Å². The smallest absolute Gasteiger partial charge is 0.234 e. The molecular weight excluding hydrogens is 416 g/mol. The van der Waals surface area contributed by atoms with E-state index in [2.05, 4.69) is 5.32 Å². The zero-order valence-corrected chi connectivity index (χ0v) is 17.3. The number of fused-ring (bicyclic) bond motifs is 5. The molecule has 2 N–H and O–H groups in total. The van der Waals surface area contributed by atoms with Gasteiger partial charge in [-0.15, -0.1) is 0 Å². The number of carbonyl (C=O) groups is 3. The number of anilines is 1.